The predicted octanol–water partition coefficient (Wildman–Crippen LogP) is 4.65. The van der Waals surface area contributed by atoms with Crippen molar-refractivity contribution in [2.75, 3.05) is 10.8 Å². The summed E-state index contributed by atoms with van der Waals surface area (Å²) < 4.78 is 27.5. The molecule has 31 heavy (non-hydrogen) atoms. The normalized spacial score (nSPS) is 11.5. The molecule has 0 aliphatic carbocycles. The molecule has 1 N–H and O–H groups in total. The van der Waals surface area contributed by atoms with E-state index in [-0.39, 0.29) is 4.90 Å². The van der Waals surface area contributed by atoms with E-state index >= 15 is 0 Å². The van der Waals surface area contributed by atoms with Gasteiger partial charge in [0.2, 0.25) is 0 Å². The zero-order valence-electron chi connectivity index (χ0n) is 16.5. The van der Waals surface area contributed by atoms with Crippen molar-refractivity contribution in [3.8, 4) is 0 Å². The molecule has 0 atom stereocenters. The molecular formula is C22H19Cl2N3O3S. The smallest absolute Gasteiger partial charge is 0.264 e. The predicted molar refractivity (Wildman–Crippen MR) is 124 cm³/mol. The number of nitrogens with one attached hydrogen (secondary N) is 1. The van der Waals surface area contributed by atoms with Gasteiger partial charge in [0.15, 0.2) is 0 Å². The molecule has 3 aromatic rings. The lowest BCUT2D eigenvalue weighted by Crippen LogP contribution is -2.39. The molecule has 0 heterocycles. The van der Waals surface area contributed by atoms with E-state index in [1.807, 2.05) is 13.0 Å². The third-order valence-corrected chi connectivity index (χ3v) is 6.78. The number of rotatable bonds is 7. The Bertz CT molecular complexity index is 1220. The molecule has 0 aliphatic rings. The third-order valence-electron chi connectivity index (χ3n) is 4.25. The monoisotopic (exact) mass is 475 g/mol. The van der Waals surface area contributed by atoms with Crippen LogP contribution in [-0.2, 0) is 14.8 Å². The molecular weight excluding hydrogens is 457 g/mol. The van der Waals surface area contributed by atoms with E-state index in [1.165, 1.54) is 18.3 Å². The van der Waals surface area contributed by atoms with E-state index in [0.29, 0.717) is 21.3 Å². The number of carbonyl (C=O) groups excluding carboxylic acids is 1. The van der Waals surface area contributed by atoms with Crippen LogP contribution in [0.2, 0.25) is 10.0 Å². The quantitative estimate of drug-likeness (QED) is 0.399. The van der Waals surface area contributed by atoms with Gasteiger partial charge < -0.3 is 0 Å². The molecule has 0 saturated heterocycles. The number of halogens is 2. The molecule has 0 radical (unpaired) electrons. The summed E-state index contributed by atoms with van der Waals surface area (Å²) in [6, 6.07) is 19.8. The molecule has 0 bridgehead atoms. The van der Waals surface area contributed by atoms with Crippen molar-refractivity contribution in [2.45, 2.75) is 11.8 Å². The molecule has 0 aromatic heterocycles. The number of hydrogen-bond donors (Lipinski definition) is 1. The first-order valence-electron chi connectivity index (χ1n) is 9.19. The van der Waals surface area contributed by atoms with E-state index in [1.54, 1.807) is 54.6 Å². The van der Waals surface area contributed by atoms with Gasteiger partial charge in [0.05, 0.1) is 26.8 Å². The molecule has 0 saturated carbocycles. The van der Waals surface area contributed by atoms with Crippen LogP contribution in [0, 0.1) is 6.92 Å². The fraction of sp³-hybridized carbons (Fsp3) is 0.0909. The standard InChI is InChI=1S/C22H19Cl2N3O3S/c1-16-6-5-7-18(12-16)27(31(29,30)19-8-3-2-4-9-19)15-22(28)26-25-14-17-10-11-20(23)21(24)13-17/h2-14H,15H2,1H3,(H,26,28)/b25-14+. The summed E-state index contributed by atoms with van der Waals surface area (Å²) in [5, 5.41) is 4.65. The molecule has 3 rings (SSSR count). The second kappa shape index (κ2) is 9.96. The number of carbonyl (C=O) groups is 1. The van der Waals surface area contributed by atoms with Gasteiger partial charge in [0.1, 0.15) is 6.54 Å². The van der Waals surface area contributed by atoms with Crippen molar-refractivity contribution >= 4 is 51.0 Å². The SMILES string of the molecule is Cc1cccc(N(CC(=O)N/N=C/c2ccc(Cl)c(Cl)c2)S(=O)(=O)c2ccccc2)c1. The number of benzene rings is 3. The zero-order valence-corrected chi connectivity index (χ0v) is 18.8. The third kappa shape index (κ3) is 5.85. The van der Waals surface area contributed by atoms with Gasteiger partial charge in [-0.05, 0) is 54.4 Å². The highest BCUT2D eigenvalue weighted by Crippen LogP contribution is 2.24. The van der Waals surface area contributed by atoms with Crippen molar-refractivity contribution in [3.63, 3.8) is 0 Å². The fourth-order valence-corrected chi connectivity index (χ4v) is 4.50. The Kier molecular flexibility index (Phi) is 7.33. The Labute approximate surface area is 191 Å². The van der Waals surface area contributed by atoms with Crippen molar-refractivity contribution in [3.05, 3.63) is 94.0 Å². The van der Waals surface area contributed by atoms with Crippen molar-refractivity contribution < 1.29 is 13.2 Å². The van der Waals surface area contributed by atoms with Crippen LogP contribution >= 0.6 is 23.2 Å². The summed E-state index contributed by atoms with van der Waals surface area (Å²) in [7, 11) is -3.97. The maximum atomic E-state index is 13.2. The van der Waals surface area contributed by atoms with E-state index in [4.69, 9.17) is 23.2 Å². The molecule has 1 amide bonds. The van der Waals surface area contributed by atoms with Gasteiger partial charge in [-0.2, -0.15) is 5.10 Å². The first kappa shape index (κ1) is 22.8. The van der Waals surface area contributed by atoms with Crippen molar-refractivity contribution in [1.29, 1.82) is 0 Å². The summed E-state index contributed by atoms with van der Waals surface area (Å²) in [5.41, 5.74) is 4.23. The molecule has 6 nitrogen and oxygen atoms in total. The number of hydrazone groups is 1. The van der Waals surface area contributed by atoms with Crippen molar-refractivity contribution in [2.24, 2.45) is 5.10 Å². The number of sulfonamides is 1. The Morgan fingerprint density at radius 3 is 2.42 bits per heavy atom. The van der Waals surface area contributed by atoms with Crippen LogP contribution in [0.15, 0.2) is 82.8 Å². The lowest BCUT2D eigenvalue weighted by molar-refractivity contribution is -0.119. The Morgan fingerprint density at radius 2 is 1.74 bits per heavy atom. The molecule has 0 spiro atoms. The highest BCUT2D eigenvalue weighted by molar-refractivity contribution is 7.92. The van der Waals surface area contributed by atoms with E-state index < -0.39 is 22.5 Å². The highest BCUT2D eigenvalue weighted by Gasteiger charge is 2.27. The van der Waals surface area contributed by atoms with Gasteiger partial charge in [-0.3, -0.25) is 9.10 Å². The number of amides is 1. The molecule has 0 fully saturated rings. The first-order chi connectivity index (χ1) is 14.8. The average Bonchev–Trinajstić information content (AvgIpc) is 2.75. The lowest BCUT2D eigenvalue weighted by atomic mass is 10.2. The number of anilines is 1. The van der Waals surface area contributed by atoms with Crippen LogP contribution < -0.4 is 9.73 Å². The van der Waals surface area contributed by atoms with Gasteiger partial charge in [0.25, 0.3) is 15.9 Å². The minimum atomic E-state index is -3.97. The van der Waals surface area contributed by atoms with Gasteiger partial charge >= 0.3 is 0 Å². The number of aryl methyl sites for hydroxylation is 1. The minimum Gasteiger partial charge on any atom is -0.271 e. The fourth-order valence-electron chi connectivity index (χ4n) is 2.76. The molecule has 0 unspecified atom stereocenters. The van der Waals surface area contributed by atoms with Gasteiger partial charge in [-0.1, -0.05) is 59.6 Å². The second-order valence-corrected chi connectivity index (χ2v) is 9.31. The van der Waals surface area contributed by atoms with Gasteiger partial charge in [0, 0.05) is 0 Å². The zero-order chi connectivity index (χ0) is 22.4. The summed E-state index contributed by atoms with van der Waals surface area (Å²) >= 11 is 11.8. The van der Waals surface area contributed by atoms with E-state index in [9.17, 15) is 13.2 Å². The maximum absolute atomic E-state index is 13.2. The van der Waals surface area contributed by atoms with E-state index in [0.717, 1.165) is 9.87 Å². The van der Waals surface area contributed by atoms with Crippen LogP contribution in [0.4, 0.5) is 5.69 Å². The summed E-state index contributed by atoms with van der Waals surface area (Å²) in [6.07, 6.45) is 1.39. The average molecular weight is 476 g/mol. The number of nitrogens with zero attached hydrogens (tertiary/aromatic N) is 2. The van der Waals surface area contributed by atoms with Gasteiger partial charge in [-0.25, -0.2) is 13.8 Å². The summed E-state index contributed by atoms with van der Waals surface area (Å²) in [4.78, 5) is 12.6. The topological polar surface area (TPSA) is 78.8 Å². The summed E-state index contributed by atoms with van der Waals surface area (Å²) in [6.45, 7) is 1.40. The van der Waals surface area contributed by atoms with Crippen LogP contribution in [0.5, 0.6) is 0 Å². The molecule has 0 aliphatic heterocycles. The number of hydrogen-bond acceptors (Lipinski definition) is 4. The van der Waals surface area contributed by atoms with E-state index in [2.05, 4.69) is 10.5 Å². The Balaban J connectivity index is 1.82. The minimum absolute atomic E-state index is 0.0867. The molecule has 3 aromatic carbocycles. The molecule has 9 heteroatoms. The summed E-state index contributed by atoms with van der Waals surface area (Å²) in [5.74, 6) is -0.600. The lowest BCUT2D eigenvalue weighted by Gasteiger charge is -2.24. The first-order valence-corrected chi connectivity index (χ1v) is 11.4. The van der Waals surface area contributed by atoms with Gasteiger partial charge in [-0.15, -0.1) is 0 Å². The molecule has 160 valence electrons. The maximum Gasteiger partial charge on any atom is 0.264 e. The largest absolute Gasteiger partial charge is 0.271 e. The van der Waals surface area contributed by atoms with Crippen LogP contribution in [0.3, 0.4) is 0 Å². The van der Waals surface area contributed by atoms with Crippen LogP contribution in [-0.4, -0.2) is 27.1 Å². The second-order valence-electron chi connectivity index (χ2n) is 6.63. The van der Waals surface area contributed by atoms with Crippen LogP contribution in [0.25, 0.3) is 0 Å². The highest BCUT2D eigenvalue weighted by atomic mass is 35.5. The van der Waals surface area contributed by atoms with Crippen molar-refractivity contribution in [1.82, 2.24) is 5.43 Å². The Morgan fingerprint density at radius 1 is 1.00 bits per heavy atom. The van der Waals surface area contributed by atoms with Crippen LogP contribution in [0.1, 0.15) is 11.1 Å². The Hall–Kier alpha value is -2.87.